The second kappa shape index (κ2) is 5.95. The second-order valence-corrected chi connectivity index (χ2v) is 6.89. The molecule has 5 heteroatoms. The fourth-order valence-corrected chi connectivity index (χ4v) is 4.22. The molecular formula is C16H26N2O3. The quantitative estimate of drug-likeness (QED) is 0.861. The average molecular weight is 294 g/mol. The number of likely N-dealkylation sites (tertiary alicyclic amines) is 2. The fourth-order valence-electron chi connectivity index (χ4n) is 4.22. The number of hydrogen-bond acceptors (Lipinski definition) is 3. The maximum absolute atomic E-state index is 13.1. The molecule has 1 saturated carbocycles. The number of amides is 1. The standard InChI is InChI=1S/C16H26N2O3/c19-14(20)13-11-17(12-13)15(21)16(7-3-1-4-8-16)18-9-5-2-6-10-18/h13H,1-12H2,(H,19,20). The molecule has 21 heavy (non-hydrogen) atoms. The first-order chi connectivity index (χ1) is 10.1. The number of carboxylic acid groups (broad SMARTS) is 1. The highest BCUT2D eigenvalue weighted by molar-refractivity contribution is 5.88. The van der Waals surface area contributed by atoms with Crippen LogP contribution >= 0.6 is 0 Å². The van der Waals surface area contributed by atoms with Crippen LogP contribution in [0.5, 0.6) is 0 Å². The molecule has 0 radical (unpaired) electrons. The molecule has 0 unspecified atom stereocenters. The first-order valence-electron chi connectivity index (χ1n) is 8.41. The third-order valence-electron chi connectivity index (χ3n) is 5.56. The molecule has 2 heterocycles. The van der Waals surface area contributed by atoms with Gasteiger partial charge < -0.3 is 10.0 Å². The van der Waals surface area contributed by atoms with Crippen molar-refractivity contribution in [3.05, 3.63) is 0 Å². The van der Waals surface area contributed by atoms with Gasteiger partial charge in [-0.2, -0.15) is 0 Å². The Morgan fingerprint density at radius 1 is 0.905 bits per heavy atom. The summed E-state index contributed by atoms with van der Waals surface area (Å²) in [6.45, 7) is 2.87. The van der Waals surface area contributed by atoms with E-state index < -0.39 is 5.97 Å². The molecule has 2 aliphatic heterocycles. The number of carbonyl (C=O) groups excluding carboxylic acids is 1. The lowest BCUT2D eigenvalue weighted by Crippen LogP contribution is -2.66. The molecule has 3 aliphatic rings. The molecule has 0 spiro atoms. The molecule has 0 aromatic heterocycles. The minimum atomic E-state index is -0.769. The molecular weight excluding hydrogens is 268 g/mol. The Morgan fingerprint density at radius 2 is 1.48 bits per heavy atom. The lowest BCUT2D eigenvalue weighted by atomic mass is 9.77. The summed E-state index contributed by atoms with van der Waals surface area (Å²) in [7, 11) is 0. The molecule has 1 aliphatic carbocycles. The zero-order chi connectivity index (χ0) is 14.9. The average Bonchev–Trinajstić information content (AvgIpc) is 2.47. The van der Waals surface area contributed by atoms with E-state index in [0.717, 1.165) is 38.8 Å². The van der Waals surface area contributed by atoms with Crippen molar-refractivity contribution in [2.75, 3.05) is 26.2 Å². The maximum Gasteiger partial charge on any atom is 0.310 e. The number of carboxylic acids is 1. The molecule has 3 rings (SSSR count). The van der Waals surface area contributed by atoms with Gasteiger partial charge in [-0.25, -0.2) is 0 Å². The molecule has 3 fully saturated rings. The van der Waals surface area contributed by atoms with E-state index in [1.165, 1.54) is 25.7 Å². The Kier molecular flexibility index (Phi) is 4.20. The van der Waals surface area contributed by atoms with Crippen LogP contribution in [0.4, 0.5) is 0 Å². The van der Waals surface area contributed by atoms with Gasteiger partial charge in [0.05, 0.1) is 5.92 Å². The number of rotatable bonds is 3. The Hall–Kier alpha value is -1.10. The van der Waals surface area contributed by atoms with Gasteiger partial charge in [0, 0.05) is 13.1 Å². The zero-order valence-electron chi connectivity index (χ0n) is 12.7. The zero-order valence-corrected chi connectivity index (χ0v) is 12.7. The summed E-state index contributed by atoms with van der Waals surface area (Å²) >= 11 is 0. The van der Waals surface area contributed by atoms with E-state index in [1.807, 2.05) is 0 Å². The molecule has 0 atom stereocenters. The van der Waals surface area contributed by atoms with Gasteiger partial charge in [0.25, 0.3) is 0 Å². The predicted molar refractivity (Wildman–Crippen MR) is 78.9 cm³/mol. The van der Waals surface area contributed by atoms with Crippen LogP contribution in [0.15, 0.2) is 0 Å². The van der Waals surface area contributed by atoms with Crippen LogP contribution in [0.1, 0.15) is 51.4 Å². The number of hydrogen-bond donors (Lipinski definition) is 1. The monoisotopic (exact) mass is 294 g/mol. The van der Waals surface area contributed by atoms with Gasteiger partial charge in [-0.15, -0.1) is 0 Å². The van der Waals surface area contributed by atoms with E-state index in [4.69, 9.17) is 5.11 Å². The van der Waals surface area contributed by atoms with Crippen LogP contribution in [0.3, 0.4) is 0 Å². The largest absolute Gasteiger partial charge is 0.481 e. The van der Waals surface area contributed by atoms with Crippen LogP contribution < -0.4 is 0 Å². The second-order valence-electron chi connectivity index (χ2n) is 6.89. The van der Waals surface area contributed by atoms with Gasteiger partial charge >= 0.3 is 5.97 Å². The molecule has 1 amide bonds. The van der Waals surface area contributed by atoms with Gasteiger partial charge in [0.15, 0.2) is 0 Å². The van der Waals surface area contributed by atoms with Crippen LogP contribution in [0, 0.1) is 5.92 Å². The highest BCUT2D eigenvalue weighted by atomic mass is 16.4. The van der Waals surface area contributed by atoms with E-state index in [1.54, 1.807) is 4.90 Å². The number of aliphatic carboxylic acids is 1. The fraction of sp³-hybridized carbons (Fsp3) is 0.875. The smallest absolute Gasteiger partial charge is 0.310 e. The van der Waals surface area contributed by atoms with Crippen LogP contribution in [-0.4, -0.2) is 58.5 Å². The molecule has 0 bridgehead atoms. The van der Waals surface area contributed by atoms with Crippen molar-refractivity contribution in [3.63, 3.8) is 0 Å². The van der Waals surface area contributed by atoms with Gasteiger partial charge in [0.1, 0.15) is 5.54 Å². The van der Waals surface area contributed by atoms with Crippen LogP contribution in [0.25, 0.3) is 0 Å². The maximum atomic E-state index is 13.1. The van der Waals surface area contributed by atoms with E-state index >= 15 is 0 Å². The summed E-state index contributed by atoms with van der Waals surface area (Å²) in [4.78, 5) is 28.2. The van der Waals surface area contributed by atoms with Crippen LogP contribution in [0.2, 0.25) is 0 Å². The van der Waals surface area contributed by atoms with Crippen LogP contribution in [-0.2, 0) is 9.59 Å². The van der Waals surface area contributed by atoms with Crippen molar-refractivity contribution in [1.82, 2.24) is 9.80 Å². The predicted octanol–water partition coefficient (Wildman–Crippen LogP) is 1.72. The number of nitrogens with zero attached hydrogens (tertiary/aromatic N) is 2. The molecule has 1 N–H and O–H groups in total. The van der Waals surface area contributed by atoms with E-state index in [9.17, 15) is 9.59 Å². The first kappa shape index (κ1) is 14.8. The van der Waals surface area contributed by atoms with Crippen molar-refractivity contribution in [1.29, 1.82) is 0 Å². The summed E-state index contributed by atoms with van der Waals surface area (Å²) in [5.41, 5.74) is -0.317. The van der Waals surface area contributed by atoms with E-state index in [2.05, 4.69) is 4.90 Å². The lowest BCUT2D eigenvalue weighted by molar-refractivity contribution is -0.162. The minimum absolute atomic E-state index is 0.210. The summed E-state index contributed by atoms with van der Waals surface area (Å²) in [6.07, 6.45) is 9.03. The Balaban J connectivity index is 1.72. The Bertz CT molecular complexity index is 406. The lowest BCUT2D eigenvalue weighted by Gasteiger charge is -2.51. The van der Waals surface area contributed by atoms with E-state index in [-0.39, 0.29) is 17.4 Å². The van der Waals surface area contributed by atoms with Crippen molar-refractivity contribution in [3.8, 4) is 0 Å². The first-order valence-corrected chi connectivity index (χ1v) is 8.41. The summed E-state index contributed by atoms with van der Waals surface area (Å²) in [5, 5.41) is 9.01. The third-order valence-corrected chi connectivity index (χ3v) is 5.56. The highest BCUT2D eigenvalue weighted by Crippen LogP contribution is 2.38. The Morgan fingerprint density at radius 3 is 2.05 bits per heavy atom. The van der Waals surface area contributed by atoms with Gasteiger partial charge in [0.2, 0.25) is 5.91 Å². The molecule has 5 nitrogen and oxygen atoms in total. The van der Waals surface area contributed by atoms with Crippen molar-refractivity contribution < 1.29 is 14.7 Å². The van der Waals surface area contributed by atoms with Crippen molar-refractivity contribution in [2.45, 2.75) is 56.9 Å². The SMILES string of the molecule is O=C(O)C1CN(C(=O)C2(N3CCCCC3)CCCCC2)C1. The van der Waals surface area contributed by atoms with Gasteiger partial charge in [-0.3, -0.25) is 14.5 Å². The van der Waals surface area contributed by atoms with Crippen molar-refractivity contribution >= 4 is 11.9 Å². The van der Waals surface area contributed by atoms with Crippen molar-refractivity contribution in [2.24, 2.45) is 5.92 Å². The van der Waals surface area contributed by atoms with E-state index in [0.29, 0.717) is 13.1 Å². The summed E-state index contributed by atoms with van der Waals surface area (Å²) in [6, 6.07) is 0. The molecule has 2 saturated heterocycles. The number of carbonyl (C=O) groups is 2. The highest BCUT2D eigenvalue weighted by Gasteiger charge is 2.50. The molecule has 0 aromatic rings. The summed E-state index contributed by atoms with van der Waals surface area (Å²) in [5.74, 6) is -0.910. The summed E-state index contributed by atoms with van der Waals surface area (Å²) < 4.78 is 0. The van der Waals surface area contributed by atoms with Gasteiger partial charge in [-0.1, -0.05) is 25.7 Å². The topological polar surface area (TPSA) is 60.9 Å². The number of piperidine rings is 1. The minimum Gasteiger partial charge on any atom is -0.481 e. The normalized spacial score (nSPS) is 27.1. The Labute approximate surface area is 126 Å². The molecule has 118 valence electrons. The van der Waals surface area contributed by atoms with Gasteiger partial charge in [-0.05, 0) is 38.8 Å². The molecule has 0 aromatic carbocycles. The third kappa shape index (κ3) is 2.68.